The predicted molar refractivity (Wildman–Crippen MR) is 142 cm³/mol. The first-order valence-corrected chi connectivity index (χ1v) is 12.7. The van der Waals surface area contributed by atoms with Gasteiger partial charge in [0.25, 0.3) is 0 Å². The molecule has 0 unspecified atom stereocenters. The van der Waals surface area contributed by atoms with Crippen LogP contribution in [0.5, 0.6) is 11.5 Å². The van der Waals surface area contributed by atoms with Crippen molar-refractivity contribution < 1.29 is 46.9 Å². The van der Waals surface area contributed by atoms with Crippen LogP contribution in [0.4, 0.5) is 13.6 Å². The lowest BCUT2D eigenvalue weighted by atomic mass is 10.0. The molecule has 3 aromatic rings. The molecule has 0 bridgehead atoms. The monoisotopic (exact) mass is 573 g/mol. The van der Waals surface area contributed by atoms with E-state index < -0.39 is 40.8 Å². The number of carbonyl (C=O) groups is 4. The van der Waals surface area contributed by atoms with Gasteiger partial charge in [0, 0.05) is 24.3 Å². The zero-order chi connectivity index (χ0) is 29.2. The number of halogens is 2. The topological polar surface area (TPSA) is 117 Å². The van der Waals surface area contributed by atoms with Crippen LogP contribution in [0.3, 0.4) is 0 Å². The van der Waals surface area contributed by atoms with Gasteiger partial charge in [-0.25, -0.2) is 23.2 Å². The third kappa shape index (κ3) is 8.27. The quantitative estimate of drug-likeness (QED) is 0.338. The largest absolute Gasteiger partial charge is 0.497 e. The summed E-state index contributed by atoms with van der Waals surface area (Å²) in [7, 11) is 2.65. The van der Waals surface area contributed by atoms with E-state index in [0.29, 0.717) is 29.1 Å². The van der Waals surface area contributed by atoms with Gasteiger partial charge in [-0.1, -0.05) is 18.2 Å². The highest BCUT2D eigenvalue weighted by Gasteiger charge is 2.24. The molecule has 1 amide bonds. The van der Waals surface area contributed by atoms with E-state index in [2.05, 4.69) is 10.1 Å². The van der Waals surface area contributed by atoms with Crippen LogP contribution < -0.4 is 14.8 Å². The van der Waals surface area contributed by atoms with Crippen molar-refractivity contribution in [2.75, 3.05) is 20.0 Å². The number of thioether (sulfide) groups is 1. The highest BCUT2D eigenvalue weighted by molar-refractivity contribution is 8.13. The van der Waals surface area contributed by atoms with Crippen LogP contribution in [-0.4, -0.2) is 49.2 Å². The summed E-state index contributed by atoms with van der Waals surface area (Å²) in [6.07, 6.45) is 0. The highest BCUT2D eigenvalue weighted by Crippen LogP contribution is 2.31. The lowest BCUT2D eigenvalue weighted by Gasteiger charge is -2.15. The van der Waals surface area contributed by atoms with Crippen molar-refractivity contribution >= 4 is 34.9 Å². The molecule has 9 nitrogen and oxygen atoms in total. The Morgan fingerprint density at radius 3 is 2.30 bits per heavy atom. The van der Waals surface area contributed by atoms with Crippen LogP contribution in [0.2, 0.25) is 0 Å². The van der Waals surface area contributed by atoms with Crippen molar-refractivity contribution in [1.29, 1.82) is 0 Å². The van der Waals surface area contributed by atoms with E-state index >= 15 is 0 Å². The summed E-state index contributed by atoms with van der Waals surface area (Å²) in [5.74, 6) is -3.56. The predicted octanol–water partition coefficient (Wildman–Crippen LogP) is 4.91. The molecule has 0 aliphatic carbocycles. The Kier molecular flexibility index (Phi) is 10.6. The van der Waals surface area contributed by atoms with Crippen LogP contribution in [0.1, 0.15) is 22.8 Å². The van der Waals surface area contributed by atoms with E-state index in [1.165, 1.54) is 38.3 Å². The van der Waals surface area contributed by atoms with Gasteiger partial charge in [-0.05, 0) is 59.3 Å². The van der Waals surface area contributed by atoms with Crippen molar-refractivity contribution in [3.8, 4) is 22.6 Å². The Morgan fingerprint density at radius 1 is 0.950 bits per heavy atom. The molecule has 12 heteroatoms. The second-order valence-corrected chi connectivity index (χ2v) is 9.15. The maximum atomic E-state index is 14.4. The summed E-state index contributed by atoms with van der Waals surface area (Å²) in [4.78, 5) is 48.9. The Balaban J connectivity index is 1.84. The van der Waals surface area contributed by atoms with Crippen LogP contribution in [-0.2, 0) is 25.7 Å². The zero-order valence-electron chi connectivity index (χ0n) is 21.7. The summed E-state index contributed by atoms with van der Waals surface area (Å²) < 4.78 is 48.3. The molecular formula is C28H25F2NO8S. The molecule has 210 valence electrons. The lowest BCUT2D eigenvalue weighted by molar-refractivity contribution is -0.144. The molecule has 0 fully saturated rings. The Hall–Kier alpha value is -4.45. The minimum atomic E-state index is -1.11. The first kappa shape index (κ1) is 30.1. The smallest absolute Gasteiger partial charge is 0.372 e. The second-order valence-electron chi connectivity index (χ2n) is 8.20. The second kappa shape index (κ2) is 14.1. The van der Waals surface area contributed by atoms with E-state index in [4.69, 9.17) is 14.2 Å². The van der Waals surface area contributed by atoms with Gasteiger partial charge in [0.2, 0.25) is 5.91 Å². The molecule has 0 aliphatic heterocycles. The van der Waals surface area contributed by atoms with Gasteiger partial charge in [-0.3, -0.25) is 4.79 Å². The summed E-state index contributed by atoms with van der Waals surface area (Å²) in [6.45, 7) is 1.08. The SMILES string of the molecule is COC(=O)[C@H](CSC(=O)Oc1ccc(-c2ccc(F)cc2F)cc1C(=O)OCc1ccc(OC)cc1)NC(C)=O. The van der Waals surface area contributed by atoms with Crippen LogP contribution in [0.15, 0.2) is 60.7 Å². The third-order valence-electron chi connectivity index (χ3n) is 5.39. The number of amides is 1. The van der Waals surface area contributed by atoms with Crippen LogP contribution in [0, 0.1) is 11.6 Å². The first-order chi connectivity index (χ1) is 19.1. The molecule has 0 radical (unpaired) electrons. The molecule has 3 aromatic carbocycles. The summed E-state index contributed by atoms with van der Waals surface area (Å²) >= 11 is 0.561. The maximum absolute atomic E-state index is 14.4. The molecule has 40 heavy (non-hydrogen) atoms. The van der Waals surface area contributed by atoms with E-state index in [9.17, 15) is 28.0 Å². The standard InChI is InChI=1S/C28H25F2NO8S/c1-16(32)31-24(27(34)37-3)15-40-28(35)39-25-11-6-18(21-10-7-19(29)13-23(21)30)12-22(25)26(33)38-14-17-4-8-20(36-2)9-5-17/h4-13,24H,14-15H2,1-3H3,(H,31,32)/t24-/m0/s1. The van der Waals surface area contributed by atoms with Crippen molar-refractivity contribution in [2.24, 2.45) is 0 Å². The van der Waals surface area contributed by atoms with E-state index in [-0.39, 0.29) is 34.8 Å². The van der Waals surface area contributed by atoms with E-state index in [1.807, 2.05) is 0 Å². The Morgan fingerprint density at radius 2 is 1.68 bits per heavy atom. The number of hydrogen-bond acceptors (Lipinski definition) is 9. The number of ether oxygens (including phenoxy) is 4. The van der Waals surface area contributed by atoms with Gasteiger partial charge in [-0.15, -0.1) is 0 Å². The molecule has 1 atom stereocenters. The van der Waals surface area contributed by atoms with Crippen molar-refractivity contribution in [3.05, 3.63) is 83.4 Å². The minimum absolute atomic E-state index is 0.00841. The molecule has 0 saturated heterocycles. The van der Waals surface area contributed by atoms with Crippen molar-refractivity contribution in [3.63, 3.8) is 0 Å². The number of methoxy groups -OCH3 is 2. The first-order valence-electron chi connectivity index (χ1n) is 11.7. The third-order valence-corrected chi connectivity index (χ3v) is 6.21. The normalized spacial score (nSPS) is 11.2. The van der Waals surface area contributed by atoms with Gasteiger partial charge in [0.15, 0.2) is 0 Å². The van der Waals surface area contributed by atoms with Gasteiger partial charge in [0.1, 0.15) is 41.3 Å². The van der Waals surface area contributed by atoms with Gasteiger partial charge in [-0.2, -0.15) is 0 Å². The number of hydrogen-bond donors (Lipinski definition) is 1. The fourth-order valence-electron chi connectivity index (χ4n) is 3.44. The zero-order valence-corrected chi connectivity index (χ0v) is 22.5. The number of rotatable bonds is 10. The minimum Gasteiger partial charge on any atom is -0.497 e. The Labute approximate surface area is 232 Å². The lowest BCUT2D eigenvalue weighted by Crippen LogP contribution is -2.42. The fourth-order valence-corrected chi connectivity index (χ4v) is 4.12. The van der Waals surface area contributed by atoms with E-state index in [1.54, 1.807) is 24.3 Å². The molecule has 0 aromatic heterocycles. The average molecular weight is 574 g/mol. The number of nitrogens with one attached hydrogen (secondary N) is 1. The van der Waals surface area contributed by atoms with Crippen molar-refractivity contribution in [2.45, 2.75) is 19.6 Å². The maximum Gasteiger partial charge on any atom is 0.372 e. The fraction of sp³-hybridized carbons (Fsp3) is 0.214. The molecule has 0 spiro atoms. The summed E-state index contributed by atoms with van der Waals surface area (Å²) in [6, 6.07) is 12.6. The number of benzene rings is 3. The van der Waals surface area contributed by atoms with Gasteiger partial charge in [0.05, 0.1) is 14.2 Å². The molecule has 0 heterocycles. The highest BCUT2D eigenvalue weighted by atomic mass is 32.2. The molecule has 3 rings (SSSR count). The number of carbonyl (C=O) groups excluding carboxylic acids is 4. The summed E-state index contributed by atoms with van der Waals surface area (Å²) in [5.41, 5.74) is 0.665. The molecular weight excluding hydrogens is 548 g/mol. The van der Waals surface area contributed by atoms with E-state index in [0.717, 1.165) is 13.2 Å². The summed E-state index contributed by atoms with van der Waals surface area (Å²) in [5, 5.41) is 1.47. The molecule has 0 aliphatic rings. The Bertz CT molecular complexity index is 1400. The van der Waals surface area contributed by atoms with Gasteiger partial charge >= 0.3 is 17.2 Å². The van der Waals surface area contributed by atoms with Crippen LogP contribution >= 0.6 is 11.8 Å². The van der Waals surface area contributed by atoms with Gasteiger partial charge < -0.3 is 24.3 Å². The number of esters is 2. The van der Waals surface area contributed by atoms with Crippen molar-refractivity contribution in [1.82, 2.24) is 5.32 Å². The molecule has 1 N–H and O–H groups in total. The van der Waals surface area contributed by atoms with Crippen LogP contribution in [0.25, 0.3) is 11.1 Å². The molecule has 0 saturated carbocycles. The average Bonchev–Trinajstić information content (AvgIpc) is 2.94.